The van der Waals surface area contributed by atoms with E-state index in [4.69, 9.17) is 4.42 Å². The molecule has 1 saturated heterocycles. The van der Waals surface area contributed by atoms with Crippen LogP contribution in [0.5, 0.6) is 5.75 Å². The number of piperidine rings is 1. The number of amides is 2. The van der Waals surface area contributed by atoms with Gasteiger partial charge in [0.25, 0.3) is 0 Å². The molecule has 2 heterocycles. The number of hydrogen-bond donors (Lipinski definition) is 4. The van der Waals surface area contributed by atoms with E-state index < -0.39 is 17.4 Å². The van der Waals surface area contributed by atoms with Gasteiger partial charge in [-0.15, -0.1) is 0 Å². The third-order valence-corrected chi connectivity index (χ3v) is 6.15. The molecule has 1 aromatic heterocycles. The summed E-state index contributed by atoms with van der Waals surface area (Å²) in [6.45, 7) is 0.0938. The highest BCUT2D eigenvalue weighted by Gasteiger charge is 2.49. The van der Waals surface area contributed by atoms with Crippen molar-refractivity contribution in [3.8, 4) is 28.3 Å². The number of aliphatic hydroxyl groups excluding tert-OH is 1. The number of aromatic nitrogens is 1. The van der Waals surface area contributed by atoms with Crippen molar-refractivity contribution in [3.05, 3.63) is 60.0 Å². The van der Waals surface area contributed by atoms with E-state index in [-0.39, 0.29) is 44.2 Å². The summed E-state index contributed by atoms with van der Waals surface area (Å²) in [6, 6.07) is 12.7. The van der Waals surface area contributed by atoms with Crippen molar-refractivity contribution in [2.75, 3.05) is 20.1 Å². The summed E-state index contributed by atoms with van der Waals surface area (Å²) in [5.74, 6) is -0.669. The molecule has 0 saturated carbocycles. The number of phenolic OH excluding ortho intramolecular Hbond substituents is 1. The van der Waals surface area contributed by atoms with E-state index in [2.05, 4.69) is 4.98 Å². The molecule has 1 aliphatic rings. The highest BCUT2D eigenvalue weighted by molar-refractivity contribution is 5.83. The molecule has 0 unspecified atom stereocenters. The molecular weight excluding hydrogens is 442 g/mol. The Morgan fingerprint density at radius 1 is 1.06 bits per heavy atom. The van der Waals surface area contributed by atoms with E-state index in [1.165, 1.54) is 24.1 Å². The first-order valence-electron chi connectivity index (χ1n) is 10.7. The Morgan fingerprint density at radius 2 is 1.65 bits per heavy atom. The molecule has 4 rings (SSSR count). The standard InChI is InChI=1S/C24H25N3O7/c1-26(33)23(32)27-12-10-24(11-13-27,22(30)31)21-25-19(16-4-2-15(14-28)3-5-16)20(34-21)17-6-8-18(29)9-7-17/h2-9,28-29,33H,10-14H2,1H3,(H,30,31). The lowest BCUT2D eigenvalue weighted by molar-refractivity contribution is -0.147. The second-order valence-corrected chi connectivity index (χ2v) is 8.28. The SMILES string of the molecule is CN(O)C(=O)N1CCC(C(=O)O)(c2nc(-c3ccc(CO)cc3)c(-c3ccc(O)cc3)o2)CC1. The van der Waals surface area contributed by atoms with Gasteiger partial charge in [-0.2, -0.15) is 0 Å². The molecular formula is C24H25N3O7. The number of aliphatic carboxylic acids is 1. The number of nitrogens with zero attached hydrogens (tertiary/aromatic N) is 3. The number of carboxylic acid groups (broad SMARTS) is 1. The quantitative estimate of drug-likeness (QED) is 0.331. The number of aromatic hydroxyl groups is 1. The third kappa shape index (κ3) is 4.20. The molecule has 0 spiro atoms. The van der Waals surface area contributed by atoms with Crippen molar-refractivity contribution in [1.82, 2.24) is 14.9 Å². The van der Waals surface area contributed by atoms with Crippen LogP contribution in [0.1, 0.15) is 24.3 Å². The minimum Gasteiger partial charge on any atom is -0.508 e. The molecule has 2 aromatic carbocycles. The Bertz CT molecular complexity index is 1180. The Kier molecular flexibility index (Phi) is 6.27. The van der Waals surface area contributed by atoms with Gasteiger partial charge in [-0.3, -0.25) is 10.0 Å². The van der Waals surface area contributed by atoms with Crippen molar-refractivity contribution in [3.63, 3.8) is 0 Å². The van der Waals surface area contributed by atoms with Gasteiger partial charge in [0.15, 0.2) is 5.76 Å². The number of hydrogen-bond acceptors (Lipinski definition) is 7. The van der Waals surface area contributed by atoms with E-state index in [0.29, 0.717) is 33.2 Å². The van der Waals surface area contributed by atoms with E-state index in [9.17, 15) is 30.1 Å². The first-order valence-corrected chi connectivity index (χ1v) is 10.7. The zero-order chi connectivity index (χ0) is 24.5. The van der Waals surface area contributed by atoms with Crippen LogP contribution < -0.4 is 0 Å². The molecule has 0 radical (unpaired) electrons. The van der Waals surface area contributed by atoms with E-state index in [1.807, 2.05) is 0 Å². The second kappa shape index (κ2) is 9.16. The smallest absolute Gasteiger partial charge is 0.343 e. The van der Waals surface area contributed by atoms with Crippen molar-refractivity contribution < 1.29 is 34.5 Å². The normalized spacial score (nSPS) is 15.2. The molecule has 1 aliphatic heterocycles. The van der Waals surface area contributed by atoms with Crippen LogP contribution in [0.4, 0.5) is 4.79 Å². The minimum absolute atomic E-state index is 0.0220. The van der Waals surface area contributed by atoms with Gasteiger partial charge in [0, 0.05) is 31.3 Å². The number of carbonyl (C=O) groups excluding carboxylic acids is 1. The van der Waals surface area contributed by atoms with Gasteiger partial charge in [-0.1, -0.05) is 24.3 Å². The van der Waals surface area contributed by atoms with Crippen LogP contribution in [0.2, 0.25) is 0 Å². The highest BCUT2D eigenvalue weighted by Crippen LogP contribution is 2.41. The first-order chi connectivity index (χ1) is 16.2. The van der Waals surface area contributed by atoms with Crippen LogP contribution in [0.15, 0.2) is 52.9 Å². The van der Waals surface area contributed by atoms with Crippen LogP contribution >= 0.6 is 0 Å². The lowest BCUT2D eigenvalue weighted by Crippen LogP contribution is -2.51. The molecule has 0 aliphatic carbocycles. The number of urea groups is 1. The van der Waals surface area contributed by atoms with Gasteiger partial charge in [0.1, 0.15) is 16.9 Å². The van der Waals surface area contributed by atoms with Crippen molar-refractivity contribution in [2.45, 2.75) is 24.9 Å². The van der Waals surface area contributed by atoms with Crippen molar-refractivity contribution >= 4 is 12.0 Å². The summed E-state index contributed by atoms with van der Waals surface area (Å²) in [5, 5.41) is 39.1. The Labute approximate surface area is 195 Å². The van der Waals surface area contributed by atoms with E-state index in [1.54, 1.807) is 36.4 Å². The zero-order valence-electron chi connectivity index (χ0n) is 18.5. The predicted octanol–water partition coefficient (Wildman–Crippen LogP) is 3.07. The molecule has 0 bridgehead atoms. The monoisotopic (exact) mass is 467 g/mol. The summed E-state index contributed by atoms with van der Waals surface area (Å²) < 4.78 is 6.11. The molecule has 3 aromatic rings. The summed E-state index contributed by atoms with van der Waals surface area (Å²) in [4.78, 5) is 30.6. The maximum Gasteiger partial charge on any atom is 0.343 e. The van der Waals surface area contributed by atoms with Crippen LogP contribution in [0.3, 0.4) is 0 Å². The molecule has 34 heavy (non-hydrogen) atoms. The number of aliphatic hydroxyl groups is 1. The molecule has 10 heteroatoms. The average molecular weight is 467 g/mol. The van der Waals surface area contributed by atoms with Crippen LogP contribution in [0.25, 0.3) is 22.6 Å². The van der Waals surface area contributed by atoms with Gasteiger partial charge in [-0.05, 0) is 42.7 Å². The first kappa shape index (κ1) is 23.3. The largest absolute Gasteiger partial charge is 0.508 e. The fourth-order valence-electron chi connectivity index (χ4n) is 4.10. The second-order valence-electron chi connectivity index (χ2n) is 8.28. The number of rotatable bonds is 5. The van der Waals surface area contributed by atoms with E-state index >= 15 is 0 Å². The highest BCUT2D eigenvalue weighted by atomic mass is 16.5. The maximum absolute atomic E-state index is 12.5. The Balaban J connectivity index is 1.78. The lowest BCUT2D eigenvalue weighted by atomic mass is 9.78. The summed E-state index contributed by atoms with van der Waals surface area (Å²) >= 11 is 0. The molecule has 4 N–H and O–H groups in total. The molecule has 10 nitrogen and oxygen atoms in total. The minimum atomic E-state index is -1.46. The fourth-order valence-corrected chi connectivity index (χ4v) is 4.10. The van der Waals surface area contributed by atoms with Gasteiger partial charge in [0.05, 0.1) is 6.61 Å². The van der Waals surface area contributed by atoms with Crippen molar-refractivity contribution in [2.24, 2.45) is 0 Å². The zero-order valence-corrected chi connectivity index (χ0v) is 18.5. The lowest BCUT2D eigenvalue weighted by Gasteiger charge is -2.37. The number of benzene rings is 2. The number of likely N-dealkylation sites (tertiary alicyclic amines) is 1. The Hall–Kier alpha value is -3.89. The summed E-state index contributed by atoms with van der Waals surface area (Å²) in [6.07, 6.45) is 0.112. The van der Waals surface area contributed by atoms with Gasteiger partial charge >= 0.3 is 12.0 Å². The fraction of sp³-hybridized carbons (Fsp3) is 0.292. The van der Waals surface area contributed by atoms with E-state index in [0.717, 1.165) is 0 Å². The van der Waals surface area contributed by atoms with Gasteiger partial charge < -0.3 is 24.6 Å². The molecule has 1 fully saturated rings. The van der Waals surface area contributed by atoms with Gasteiger partial charge in [0.2, 0.25) is 5.89 Å². The summed E-state index contributed by atoms with van der Waals surface area (Å²) in [7, 11) is 1.22. The number of phenols is 1. The molecule has 178 valence electrons. The Morgan fingerprint density at radius 3 is 2.18 bits per heavy atom. The predicted molar refractivity (Wildman–Crippen MR) is 120 cm³/mol. The average Bonchev–Trinajstić information content (AvgIpc) is 3.30. The number of carbonyl (C=O) groups is 2. The number of carboxylic acids is 1. The van der Waals surface area contributed by atoms with Crippen molar-refractivity contribution in [1.29, 1.82) is 0 Å². The molecule has 2 amide bonds. The number of hydroxylamine groups is 2. The van der Waals surface area contributed by atoms with Gasteiger partial charge in [-0.25, -0.2) is 14.8 Å². The van der Waals surface area contributed by atoms with Crippen LogP contribution in [-0.2, 0) is 16.8 Å². The maximum atomic E-state index is 12.5. The molecule has 0 atom stereocenters. The summed E-state index contributed by atoms with van der Waals surface area (Å²) in [5.41, 5.74) is 0.962. The van der Waals surface area contributed by atoms with Crippen LogP contribution in [0, 0.1) is 0 Å². The van der Waals surface area contributed by atoms with Crippen LogP contribution in [-0.4, -0.2) is 67.6 Å². The topological polar surface area (TPSA) is 148 Å². The number of oxazole rings is 1. The third-order valence-electron chi connectivity index (χ3n) is 6.15.